The largest absolute Gasteiger partial charge is 0.496 e. The number of rotatable bonds is 2. The first-order valence-corrected chi connectivity index (χ1v) is 9.40. The first-order chi connectivity index (χ1) is 12.2. The highest BCUT2D eigenvalue weighted by atomic mass is 16.5. The number of likely N-dealkylation sites (tertiary alicyclic amines) is 1. The lowest BCUT2D eigenvalue weighted by molar-refractivity contribution is -0.147. The molecule has 0 atom stereocenters. The van der Waals surface area contributed by atoms with Gasteiger partial charge in [0.05, 0.1) is 13.7 Å². The van der Waals surface area contributed by atoms with Gasteiger partial charge in [-0.15, -0.1) is 0 Å². The fraction of sp³-hybridized carbons (Fsp3) is 0.650. The Labute approximate surface area is 149 Å². The minimum Gasteiger partial charge on any atom is -0.496 e. The van der Waals surface area contributed by atoms with E-state index in [1.165, 1.54) is 11.1 Å². The molecular weight excluding hydrogens is 318 g/mol. The number of nitrogens with zero attached hydrogens (tertiary/aromatic N) is 1. The van der Waals surface area contributed by atoms with Gasteiger partial charge in [0.1, 0.15) is 11.4 Å². The maximum absolute atomic E-state index is 12.8. The van der Waals surface area contributed by atoms with Crippen LogP contribution in [0.3, 0.4) is 0 Å². The van der Waals surface area contributed by atoms with E-state index in [0.717, 1.165) is 57.6 Å². The van der Waals surface area contributed by atoms with Gasteiger partial charge >= 0.3 is 0 Å². The summed E-state index contributed by atoms with van der Waals surface area (Å²) in [6.45, 7) is 3.68. The summed E-state index contributed by atoms with van der Waals surface area (Å²) in [6.07, 6.45) is 4.32. The van der Waals surface area contributed by atoms with Gasteiger partial charge in [0.25, 0.3) is 0 Å². The predicted octanol–water partition coefficient (Wildman–Crippen LogP) is 2.51. The van der Waals surface area contributed by atoms with Crippen molar-refractivity contribution in [2.45, 2.75) is 37.7 Å². The van der Waals surface area contributed by atoms with Crippen LogP contribution in [0.15, 0.2) is 18.2 Å². The SMILES string of the molecule is COc1cccc2c1C1(CCN(C(=O)C3CCOCC3)CC1)OCC2. The number of amides is 1. The van der Waals surface area contributed by atoms with Crippen LogP contribution in [-0.2, 0) is 26.3 Å². The number of benzene rings is 1. The number of methoxy groups -OCH3 is 1. The molecule has 0 radical (unpaired) electrons. The van der Waals surface area contributed by atoms with Crippen LogP contribution >= 0.6 is 0 Å². The van der Waals surface area contributed by atoms with Crippen LogP contribution in [0.25, 0.3) is 0 Å². The van der Waals surface area contributed by atoms with Crippen LogP contribution in [0.2, 0.25) is 0 Å². The molecule has 2 fully saturated rings. The van der Waals surface area contributed by atoms with E-state index in [4.69, 9.17) is 14.2 Å². The molecule has 0 N–H and O–H groups in total. The topological polar surface area (TPSA) is 48.0 Å². The van der Waals surface area contributed by atoms with Crippen molar-refractivity contribution in [3.63, 3.8) is 0 Å². The number of carbonyl (C=O) groups is 1. The Morgan fingerprint density at radius 1 is 1.20 bits per heavy atom. The molecule has 136 valence electrons. The predicted molar refractivity (Wildman–Crippen MR) is 93.7 cm³/mol. The van der Waals surface area contributed by atoms with E-state index in [9.17, 15) is 4.79 Å². The number of fused-ring (bicyclic) bond motifs is 2. The molecule has 0 aliphatic carbocycles. The van der Waals surface area contributed by atoms with E-state index in [2.05, 4.69) is 12.1 Å². The third-order valence-electron chi connectivity index (χ3n) is 5.99. The van der Waals surface area contributed by atoms with Gasteiger partial charge in [-0.1, -0.05) is 12.1 Å². The van der Waals surface area contributed by atoms with E-state index in [1.54, 1.807) is 7.11 Å². The van der Waals surface area contributed by atoms with Gasteiger partial charge in [-0.05, 0) is 43.7 Å². The summed E-state index contributed by atoms with van der Waals surface area (Å²) in [4.78, 5) is 14.8. The Balaban J connectivity index is 1.51. The van der Waals surface area contributed by atoms with Crippen molar-refractivity contribution >= 4 is 5.91 Å². The molecule has 2 saturated heterocycles. The number of piperidine rings is 1. The Kier molecular flexibility index (Phi) is 4.69. The van der Waals surface area contributed by atoms with Crippen molar-refractivity contribution in [1.82, 2.24) is 4.90 Å². The maximum atomic E-state index is 12.8. The summed E-state index contributed by atoms with van der Waals surface area (Å²) in [5.74, 6) is 1.35. The van der Waals surface area contributed by atoms with Crippen molar-refractivity contribution in [2.75, 3.05) is 40.0 Å². The molecule has 5 nitrogen and oxygen atoms in total. The van der Waals surface area contributed by atoms with Gasteiger partial charge in [-0.2, -0.15) is 0 Å². The zero-order valence-electron chi connectivity index (χ0n) is 15.0. The second kappa shape index (κ2) is 6.96. The van der Waals surface area contributed by atoms with Crippen LogP contribution in [0.1, 0.15) is 36.8 Å². The van der Waals surface area contributed by atoms with Crippen LogP contribution in [0.4, 0.5) is 0 Å². The third kappa shape index (κ3) is 3.04. The minimum absolute atomic E-state index is 0.136. The molecule has 5 heteroatoms. The number of ether oxygens (including phenoxy) is 3. The Morgan fingerprint density at radius 2 is 1.96 bits per heavy atom. The number of hydrogen-bond donors (Lipinski definition) is 0. The Hall–Kier alpha value is -1.59. The molecule has 1 spiro atoms. The summed E-state index contributed by atoms with van der Waals surface area (Å²) in [5, 5.41) is 0. The first kappa shape index (κ1) is 16.9. The summed E-state index contributed by atoms with van der Waals surface area (Å²) in [5.41, 5.74) is 2.24. The first-order valence-electron chi connectivity index (χ1n) is 9.40. The van der Waals surface area contributed by atoms with Crippen molar-refractivity contribution < 1.29 is 19.0 Å². The van der Waals surface area contributed by atoms with E-state index in [0.29, 0.717) is 19.1 Å². The van der Waals surface area contributed by atoms with Crippen LogP contribution in [0, 0.1) is 5.92 Å². The molecule has 0 unspecified atom stereocenters. The highest BCUT2D eigenvalue weighted by Crippen LogP contribution is 2.46. The zero-order chi connectivity index (χ0) is 17.3. The lowest BCUT2D eigenvalue weighted by atomic mass is 9.78. The molecule has 1 aromatic rings. The molecule has 1 amide bonds. The van der Waals surface area contributed by atoms with Crippen LogP contribution < -0.4 is 4.74 Å². The second-order valence-corrected chi connectivity index (χ2v) is 7.30. The standard InChI is InChI=1S/C20H27NO4/c1-23-17-4-2-3-15-7-14-25-20(18(15)17)8-10-21(11-9-20)19(22)16-5-12-24-13-6-16/h2-4,16H,5-14H2,1H3. The molecule has 3 aliphatic rings. The van der Waals surface area contributed by atoms with Crippen molar-refractivity contribution in [3.8, 4) is 5.75 Å². The zero-order valence-corrected chi connectivity index (χ0v) is 15.0. The fourth-order valence-corrected chi connectivity index (χ4v) is 4.59. The number of carbonyl (C=O) groups excluding carboxylic acids is 1. The molecule has 3 heterocycles. The molecule has 3 aliphatic heterocycles. The summed E-state index contributed by atoms with van der Waals surface area (Å²) in [6, 6.07) is 6.26. The second-order valence-electron chi connectivity index (χ2n) is 7.30. The number of hydrogen-bond acceptors (Lipinski definition) is 4. The summed E-state index contributed by atoms with van der Waals surface area (Å²) >= 11 is 0. The quantitative estimate of drug-likeness (QED) is 0.826. The summed E-state index contributed by atoms with van der Waals surface area (Å²) in [7, 11) is 1.72. The molecule has 4 rings (SSSR count). The monoisotopic (exact) mass is 345 g/mol. The molecule has 1 aromatic carbocycles. The lowest BCUT2D eigenvalue weighted by Crippen LogP contribution is -2.50. The van der Waals surface area contributed by atoms with Crippen molar-refractivity contribution in [3.05, 3.63) is 29.3 Å². The molecule has 0 saturated carbocycles. The highest BCUT2D eigenvalue weighted by Gasteiger charge is 2.44. The van der Waals surface area contributed by atoms with Crippen molar-refractivity contribution in [1.29, 1.82) is 0 Å². The van der Waals surface area contributed by atoms with Crippen LogP contribution in [-0.4, -0.2) is 50.8 Å². The van der Waals surface area contributed by atoms with Gasteiger partial charge in [0, 0.05) is 37.8 Å². The van der Waals surface area contributed by atoms with E-state index in [-0.39, 0.29) is 11.5 Å². The van der Waals surface area contributed by atoms with E-state index in [1.807, 2.05) is 11.0 Å². The van der Waals surface area contributed by atoms with Gasteiger partial charge in [-0.25, -0.2) is 0 Å². The third-order valence-corrected chi connectivity index (χ3v) is 5.99. The minimum atomic E-state index is -0.299. The fourth-order valence-electron chi connectivity index (χ4n) is 4.59. The maximum Gasteiger partial charge on any atom is 0.225 e. The summed E-state index contributed by atoms with van der Waals surface area (Å²) < 4.78 is 17.3. The Morgan fingerprint density at radius 3 is 2.68 bits per heavy atom. The highest BCUT2D eigenvalue weighted by molar-refractivity contribution is 5.79. The average Bonchev–Trinajstić information content (AvgIpc) is 2.68. The van der Waals surface area contributed by atoms with E-state index < -0.39 is 0 Å². The van der Waals surface area contributed by atoms with E-state index >= 15 is 0 Å². The smallest absolute Gasteiger partial charge is 0.225 e. The molecule has 0 aromatic heterocycles. The van der Waals surface area contributed by atoms with Crippen LogP contribution in [0.5, 0.6) is 5.75 Å². The van der Waals surface area contributed by atoms with Gasteiger partial charge in [0.2, 0.25) is 5.91 Å². The lowest BCUT2D eigenvalue weighted by Gasteiger charge is -2.46. The molecule has 25 heavy (non-hydrogen) atoms. The Bertz CT molecular complexity index is 616. The van der Waals surface area contributed by atoms with Crippen molar-refractivity contribution in [2.24, 2.45) is 5.92 Å². The van der Waals surface area contributed by atoms with Gasteiger partial charge in [-0.3, -0.25) is 4.79 Å². The van der Waals surface area contributed by atoms with Gasteiger partial charge in [0.15, 0.2) is 0 Å². The van der Waals surface area contributed by atoms with Gasteiger partial charge < -0.3 is 19.1 Å². The molecule has 0 bridgehead atoms. The normalized spacial score (nSPS) is 23.3. The average molecular weight is 345 g/mol. The molecular formula is C20H27NO4.